The number of carbonyl (C=O) groups is 1. The minimum absolute atomic E-state index is 0.0346. The second kappa shape index (κ2) is 9.47. The molecule has 0 saturated carbocycles. The molecule has 0 heterocycles. The van der Waals surface area contributed by atoms with E-state index in [1.54, 1.807) is 36.4 Å². The van der Waals surface area contributed by atoms with Gasteiger partial charge in [-0.05, 0) is 53.8 Å². The summed E-state index contributed by atoms with van der Waals surface area (Å²) in [7, 11) is 0. The first-order chi connectivity index (χ1) is 12.0. The number of hydrazone groups is 1. The summed E-state index contributed by atoms with van der Waals surface area (Å²) in [5, 5.41) is 14.4. The first kappa shape index (κ1) is 19.3. The summed E-state index contributed by atoms with van der Waals surface area (Å²) in [6, 6.07) is 10.3. The van der Waals surface area contributed by atoms with Crippen LogP contribution in [-0.2, 0) is 4.79 Å². The predicted octanol–water partition coefficient (Wildman–Crippen LogP) is 3.58. The first-order valence-corrected chi connectivity index (χ1v) is 8.81. The molecule has 0 aliphatic rings. The van der Waals surface area contributed by atoms with Crippen molar-refractivity contribution in [1.29, 1.82) is 0 Å². The van der Waals surface area contributed by atoms with Crippen LogP contribution < -0.4 is 14.9 Å². The molecule has 25 heavy (non-hydrogen) atoms. The maximum absolute atomic E-state index is 11.8. The molecule has 0 bridgehead atoms. The normalized spacial score (nSPS) is 10.7. The Kier molecular flexibility index (Phi) is 7.32. The molecule has 132 valence electrons. The number of halogens is 2. The number of nitrogens with zero attached hydrogens (tertiary/aromatic N) is 1. The number of aromatic hydroxyl groups is 1. The van der Waals surface area contributed by atoms with Crippen LogP contribution in [0.3, 0.4) is 0 Å². The van der Waals surface area contributed by atoms with E-state index in [2.05, 4.69) is 33.1 Å². The van der Waals surface area contributed by atoms with E-state index in [1.165, 1.54) is 6.21 Å². The highest BCUT2D eigenvalue weighted by atomic mass is 127. The SMILES string of the molecule is CCOc1cc(I)cc(/C=N/NC(=O)COc2ccccc2Cl)c1O. The van der Waals surface area contributed by atoms with Crippen LogP contribution in [0.1, 0.15) is 12.5 Å². The van der Waals surface area contributed by atoms with E-state index < -0.39 is 5.91 Å². The number of para-hydroxylation sites is 1. The molecule has 0 radical (unpaired) electrons. The number of hydrogen-bond donors (Lipinski definition) is 2. The van der Waals surface area contributed by atoms with Crippen LogP contribution in [0.4, 0.5) is 0 Å². The molecule has 0 unspecified atom stereocenters. The average Bonchev–Trinajstić information content (AvgIpc) is 2.58. The molecule has 0 aliphatic heterocycles. The third-order valence-corrected chi connectivity index (χ3v) is 3.89. The highest BCUT2D eigenvalue weighted by Gasteiger charge is 2.09. The Morgan fingerprint density at radius 1 is 1.32 bits per heavy atom. The fraction of sp³-hybridized carbons (Fsp3) is 0.176. The van der Waals surface area contributed by atoms with Gasteiger partial charge in [0.2, 0.25) is 0 Å². The van der Waals surface area contributed by atoms with Crippen molar-refractivity contribution in [2.45, 2.75) is 6.92 Å². The molecule has 0 atom stereocenters. The molecule has 6 nitrogen and oxygen atoms in total. The van der Waals surface area contributed by atoms with Crippen LogP contribution in [0, 0.1) is 3.57 Å². The third kappa shape index (κ3) is 5.79. The number of benzene rings is 2. The largest absolute Gasteiger partial charge is 0.504 e. The van der Waals surface area contributed by atoms with Crippen LogP contribution in [-0.4, -0.2) is 30.4 Å². The lowest BCUT2D eigenvalue weighted by molar-refractivity contribution is -0.123. The molecule has 8 heteroatoms. The second-order valence-electron chi connectivity index (χ2n) is 4.79. The number of ether oxygens (including phenoxy) is 2. The number of nitrogens with one attached hydrogen (secondary N) is 1. The van der Waals surface area contributed by atoms with Crippen LogP contribution in [0.5, 0.6) is 17.2 Å². The fourth-order valence-corrected chi connectivity index (χ4v) is 2.68. The number of amides is 1. The molecule has 0 aliphatic carbocycles. The van der Waals surface area contributed by atoms with Crippen molar-refractivity contribution >= 4 is 46.3 Å². The topological polar surface area (TPSA) is 80.2 Å². The van der Waals surface area contributed by atoms with Crippen molar-refractivity contribution in [1.82, 2.24) is 5.43 Å². The summed E-state index contributed by atoms with van der Waals surface area (Å²) in [5.41, 5.74) is 2.76. The lowest BCUT2D eigenvalue weighted by Gasteiger charge is -2.09. The Labute approximate surface area is 163 Å². The van der Waals surface area contributed by atoms with E-state index >= 15 is 0 Å². The quantitative estimate of drug-likeness (QED) is 0.365. The zero-order valence-electron chi connectivity index (χ0n) is 13.3. The average molecular weight is 475 g/mol. The van der Waals surface area contributed by atoms with E-state index in [-0.39, 0.29) is 12.4 Å². The highest BCUT2D eigenvalue weighted by molar-refractivity contribution is 14.1. The fourth-order valence-electron chi connectivity index (χ4n) is 1.87. The third-order valence-electron chi connectivity index (χ3n) is 2.96. The molecule has 2 rings (SSSR count). The van der Waals surface area contributed by atoms with Crippen LogP contribution >= 0.6 is 34.2 Å². The molecule has 2 N–H and O–H groups in total. The minimum Gasteiger partial charge on any atom is -0.504 e. The number of phenols is 1. The Hall–Kier alpha value is -2.00. The molecule has 2 aromatic rings. The van der Waals surface area contributed by atoms with Gasteiger partial charge < -0.3 is 14.6 Å². The smallest absolute Gasteiger partial charge is 0.277 e. The Bertz CT molecular complexity index is 783. The molecular weight excluding hydrogens is 459 g/mol. The van der Waals surface area contributed by atoms with E-state index in [4.69, 9.17) is 21.1 Å². The minimum atomic E-state index is -0.452. The number of carbonyl (C=O) groups excluding carboxylic acids is 1. The summed E-state index contributed by atoms with van der Waals surface area (Å²) in [6.45, 7) is 2.02. The van der Waals surface area contributed by atoms with E-state index in [9.17, 15) is 9.90 Å². The molecule has 2 aromatic carbocycles. The lowest BCUT2D eigenvalue weighted by atomic mass is 10.2. The van der Waals surface area contributed by atoms with Gasteiger partial charge in [-0.25, -0.2) is 5.43 Å². The number of hydrogen-bond acceptors (Lipinski definition) is 5. The zero-order valence-corrected chi connectivity index (χ0v) is 16.2. The van der Waals surface area contributed by atoms with Crippen molar-refractivity contribution in [3.8, 4) is 17.2 Å². The standard InChI is InChI=1S/C17H16ClIN2O4/c1-2-24-15-8-12(19)7-11(17(15)23)9-20-21-16(22)10-25-14-6-4-3-5-13(14)18/h3-9,23H,2,10H2,1H3,(H,21,22)/b20-9+. The zero-order chi connectivity index (χ0) is 18.2. The van der Waals surface area contributed by atoms with Gasteiger partial charge in [0, 0.05) is 9.13 Å². The summed E-state index contributed by atoms with van der Waals surface area (Å²) in [4.78, 5) is 11.8. The van der Waals surface area contributed by atoms with Crippen molar-refractivity contribution in [3.05, 3.63) is 50.6 Å². The van der Waals surface area contributed by atoms with Crippen LogP contribution in [0.15, 0.2) is 41.5 Å². The van der Waals surface area contributed by atoms with E-state index in [0.29, 0.717) is 28.7 Å². The first-order valence-electron chi connectivity index (χ1n) is 7.35. The van der Waals surface area contributed by atoms with Crippen LogP contribution in [0.2, 0.25) is 5.02 Å². The molecule has 0 fully saturated rings. The van der Waals surface area contributed by atoms with Gasteiger partial charge in [-0.15, -0.1) is 0 Å². The maximum Gasteiger partial charge on any atom is 0.277 e. The van der Waals surface area contributed by atoms with Gasteiger partial charge >= 0.3 is 0 Å². The number of rotatable bonds is 7. The van der Waals surface area contributed by atoms with Crippen molar-refractivity contribution in [2.75, 3.05) is 13.2 Å². The summed E-state index contributed by atoms with van der Waals surface area (Å²) in [5.74, 6) is 0.294. The monoisotopic (exact) mass is 474 g/mol. The summed E-state index contributed by atoms with van der Waals surface area (Å²) in [6.07, 6.45) is 1.34. The predicted molar refractivity (Wildman–Crippen MR) is 105 cm³/mol. The van der Waals surface area contributed by atoms with Gasteiger partial charge in [0.1, 0.15) is 5.75 Å². The highest BCUT2D eigenvalue weighted by Crippen LogP contribution is 2.31. The van der Waals surface area contributed by atoms with E-state index in [1.807, 2.05) is 6.92 Å². The molecule has 1 amide bonds. The maximum atomic E-state index is 11.8. The Balaban J connectivity index is 1.94. The number of phenolic OH excluding ortho intramolecular Hbond substituents is 1. The van der Waals surface area contributed by atoms with Gasteiger partial charge in [0.15, 0.2) is 18.1 Å². The van der Waals surface area contributed by atoms with Gasteiger partial charge in [-0.1, -0.05) is 23.7 Å². The van der Waals surface area contributed by atoms with Crippen LogP contribution in [0.25, 0.3) is 0 Å². The van der Waals surface area contributed by atoms with Crippen molar-refractivity contribution in [3.63, 3.8) is 0 Å². The molecular formula is C17H16ClIN2O4. The van der Waals surface area contributed by atoms with Gasteiger partial charge in [-0.3, -0.25) is 4.79 Å². The van der Waals surface area contributed by atoms with E-state index in [0.717, 1.165) is 3.57 Å². The van der Waals surface area contributed by atoms with Crippen molar-refractivity contribution < 1.29 is 19.4 Å². The molecule has 0 spiro atoms. The lowest BCUT2D eigenvalue weighted by Crippen LogP contribution is -2.24. The Morgan fingerprint density at radius 3 is 2.80 bits per heavy atom. The van der Waals surface area contributed by atoms with Gasteiger partial charge in [-0.2, -0.15) is 5.10 Å². The van der Waals surface area contributed by atoms with Gasteiger partial charge in [0.05, 0.1) is 17.8 Å². The Morgan fingerprint density at radius 2 is 2.08 bits per heavy atom. The summed E-state index contributed by atoms with van der Waals surface area (Å²) < 4.78 is 11.5. The molecule has 0 saturated heterocycles. The summed E-state index contributed by atoms with van der Waals surface area (Å²) >= 11 is 8.04. The molecule has 0 aromatic heterocycles. The second-order valence-corrected chi connectivity index (χ2v) is 6.44. The van der Waals surface area contributed by atoms with Crippen molar-refractivity contribution in [2.24, 2.45) is 5.10 Å². The van der Waals surface area contributed by atoms with Gasteiger partial charge in [0.25, 0.3) is 5.91 Å².